The average Bonchev–Trinajstić information content (AvgIpc) is 2.43. The van der Waals surface area contributed by atoms with E-state index in [0.29, 0.717) is 0 Å². The largest absolute Gasteiger partial charge is 0.487 e. The number of aliphatic hydroxyl groups excluding tert-OH is 1. The summed E-state index contributed by atoms with van der Waals surface area (Å²) in [7, 11) is 0. The molecule has 4 heteroatoms. The average molecular weight is 264 g/mol. The summed E-state index contributed by atoms with van der Waals surface area (Å²) >= 11 is 0. The maximum absolute atomic E-state index is 8.98. The minimum absolute atomic E-state index is 0.227. The number of nitrogens with zero attached hydrogens (tertiary/aromatic N) is 1. The van der Waals surface area contributed by atoms with Crippen molar-refractivity contribution in [2.75, 3.05) is 38.1 Å². The van der Waals surface area contributed by atoms with Crippen molar-refractivity contribution in [3.8, 4) is 5.75 Å². The van der Waals surface area contributed by atoms with Gasteiger partial charge in [-0.25, -0.2) is 0 Å². The monoisotopic (exact) mass is 264 g/mol. The third-order valence-electron chi connectivity index (χ3n) is 3.53. The zero-order chi connectivity index (χ0) is 13.7. The smallest absolute Gasteiger partial charge is 0.142 e. The highest BCUT2D eigenvalue weighted by atomic mass is 16.5. The standard InChI is InChI=1S/C15H24N2O2/c1-3-17(8-9-18)7-6-13-4-5-15-14(10-13)16-11-12(2)19-15/h4-5,10,12,16,18H,3,6-9,11H2,1-2H3. The molecule has 0 aromatic heterocycles. The third kappa shape index (κ3) is 3.85. The van der Waals surface area contributed by atoms with Gasteiger partial charge in [0.15, 0.2) is 0 Å². The topological polar surface area (TPSA) is 44.7 Å². The van der Waals surface area contributed by atoms with Crippen molar-refractivity contribution in [1.29, 1.82) is 0 Å². The Labute approximate surface area is 115 Å². The van der Waals surface area contributed by atoms with Gasteiger partial charge in [-0.15, -0.1) is 0 Å². The molecular weight excluding hydrogens is 240 g/mol. The molecule has 0 fully saturated rings. The summed E-state index contributed by atoms with van der Waals surface area (Å²) in [4.78, 5) is 2.26. The van der Waals surface area contributed by atoms with E-state index in [-0.39, 0.29) is 12.7 Å². The second kappa shape index (κ2) is 6.78. The second-order valence-corrected chi connectivity index (χ2v) is 5.05. The molecule has 1 aromatic carbocycles. The molecule has 0 aliphatic carbocycles. The van der Waals surface area contributed by atoms with Crippen LogP contribution in [0.4, 0.5) is 5.69 Å². The predicted octanol–water partition coefficient (Wildman–Crippen LogP) is 1.74. The molecule has 1 heterocycles. The van der Waals surface area contributed by atoms with Crippen LogP contribution in [-0.4, -0.2) is 48.9 Å². The van der Waals surface area contributed by atoms with E-state index in [2.05, 4.69) is 42.3 Å². The highest BCUT2D eigenvalue weighted by Crippen LogP contribution is 2.29. The Morgan fingerprint density at radius 3 is 3.00 bits per heavy atom. The van der Waals surface area contributed by atoms with Crippen molar-refractivity contribution in [2.45, 2.75) is 26.4 Å². The SMILES string of the molecule is CCN(CCO)CCc1ccc2c(c1)NCC(C)O2. The minimum atomic E-state index is 0.227. The fraction of sp³-hybridized carbons (Fsp3) is 0.600. The quantitative estimate of drug-likeness (QED) is 0.821. The van der Waals surface area contributed by atoms with Crippen molar-refractivity contribution in [3.63, 3.8) is 0 Å². The molecule has 0 saturated carbocycles. The molecule has 0 amide bonds. The van der Waals surface area contributed by atoms with Crippen LogP contribution in [0.2, 0.25) is 0 Å². The maximum Gasteiger partial charge on any atom is 0.142 e. The van der Waals surface area contributed by atoms with E-state index >= 15 is 0 Å². The number of ether oxygens (including phenoxy) is 1. The van der Waals surface area contributed by atoms with E-state index in [0.717, 1.165) is 44.0 Å². The molecule has 19 heavy (non-hydrogen) atoms. The summed E-state index contributed by atoms with van der Waals surface area (Å²) in [5.74, 6) is 0.949. The van der Waals surface area contributed by atoms with Gasteiger partial charge in [-0.2, -0.15) is 0 Å². The van der Waals surface area contributed by atoms with Gasteiger partial charge in [0.1, 0.15) is 11.9 Å². The number of benzene rings is 1. The van der Waals surface area contributed by atoms with Crippen LogP contribution in [-0.2, 0) is 6.42 Å². The summed E-state index contributed by atoms with van der Waals surface area (Å²) in [6.45, 7) is 7.99. The molecule has 0 bridgehead atoms. The molecule has 1 unspecified atom stereocenters. The fourth-order valence-corrected chi connectivity index (χ4v) is 2.34. The predicted molar refractivity (Wildman–Crippen MR) is 77.9 cm³/mol. The van der Waals surface area contributed by atoms with E-state index in [1.807, 2.05) is 0 Å². The van der Waals surface area contributed by atoms with E-state index in [1.165, 1.54) is 5.56 Å². The van der Waals surface area contributed by atoms with Crippen molar-refractivity contribution in [3.05, 3.63) is 23.8 Å². The molecule has 106 valence electrons. The molecule has 1 aliphatic rings. The summed E-state index contributed by atoms with van der Waals surface area (Å²) < 4.78 is 5.77. The van der Waals surface area contributed by atoms with Crippen LogP contribution in [0, 0.1) is 0 Å². The number of anilines is 1. The molecule has 1 aliphatic heterocycles. The third-order valence-corrected chi connectivity index (χ3v) is 3.53. The van der Waals surface area contributed by atoms with Gasteiger partial charge in [0.2, 0.25) is 0 Å². The zero-order valence-electron chi connectivity index (χ0n) is 11.9. The van der Waals surface area contributed by atoms with E-state index in [4.69, 9.17) is 9.84 Å². The van der Waals surface area contributed by atoms with E-state index < -0.39 is 0 Å². The number of nitrogens with one attached hydrogen (secondary N) is 1. The van der Waals surface area contributed by atoms with Crippen LogP contribution in [0.15, 0.2) is 18.2 Å². The molecule has 2 rings (SSSR count). The summed E-state index contributed by atoms with van der Waals surface area (Å²) in [5.41, 5.74) is 2.40. The zero-order valence-corrected chi connectivity index (χ0v) is 11.9. The Hall–Kier alpha value is -1.26. The van der Waals surface area contributed by atoms with Crippen LogP contribution in [0.1, 0.15) is 19.4 Å². The van der Waals surface area contributed by atoms with Crippen LogP contribution < -0.4 is 10.1 Å². The first-order valence-electron chi connectivity index (χ1n) is 7.09. The molecule has 0 saturated heterocycles. The molecule has 4 nitrogen and oxygen atoms in total. The Bertz CT molecular complexity index is 409. The van der Waals surface area contributed by atoms with E-state index in [1.54, 1.807) is 0 Å². The van der Waals surface area contributed by atoms with Crippen molar-refractivity contribution in [2.24, 2.45) is 0 Å². The lowest BCUT2D eigenvalue weighted by Gasteiger charge is -2.25. The molecule has 2 N–H and O–H groups in total. The van der Waals surface area contributed by atoms with Crippen LogP contribution >= 0.6 is 0 Å². The Kier molecular flexibility index (Phi) is 5.05. The van der Waals surface area contributed by atoms with Crippen LogP contribution in [0.25, 0.3) is 0 Å². The first kappa shape index (κ1) is 14.2. The molecular formula is C15H24N2O2. The normalized spacial score (nSPS) is 17.8. The Balaban J connectivity index is 1.94. The van der Waals surface area contributed by atoms with Crippen molar-refractivity contribution in [1.82, 2.24) is 4.90 Å². The summed E-state index contributed by atoms with van der Waals surface area (Å²) in [5, 5.41) is 12.4. The number of hydrogen-bond donors (Lipinski definition) is 2. The van der Waals surface area contributed by atoms with Crippen LogP contribution in [0.5, 0.6) is 5.75 Å². The van der Waals surface area contributed by atoms with Gasteiger partial charge in [0.05, 0.1) is 18.8 Å². The first-order valence-corrected chi connectivity index (χ1v) is 7.09. The molecule has 1 aromatic rings. The highest BCUT2D eigenvalue weighted by Gasteiger charge is 2.15. The molecule has 0 spiro atoms. The van der Waals surface area contributed by atoms with Gasteiger partial charge in [0.25, 0.3) is 0 Å². The lowest BCUT2D eigenvalue weighted by atomic mass is 10.1. The number of aliphatic hydroxyl groups is 1. The Morgan fingerprint density at radius 1 is 1.42 bits per heavy atom. The van der Waals surface area contributed by atoms with Gasteiger partial charge in [-0.05, 0) is 37.6 Å². The number of rotatable bonds is 6. The highest BCUT2D eigenvalue weighted by molar-refractivity contribution is 5.59. The Morgan fingerprint density at radius 2 is 2.26 bits per heavy atom. The first-order chi connectivity index (χ1) is 9.22. The lowest BCUT2D eigenvalue weighted by molar-refractivity contribution is 0.203. The number of hydrogen-bond acceptors (Lipinski definition) is 4. The van der Waals surface area contributed by atoms with Gasteiger partial charge in [-0.3, -0.25) is 0 Å². The van der Waals surface area contributed by atoms with Crippen molar-refractivity contribution >= 4 is 5.69 Å². The van der Waals surface area contributed by atoms with Gasteiger partial charge < -0.3 is 20.1 Å². The van der Waals surface area contributed by atoms with Gasteiger partial charge >= 0.3 is 0 Å². The molecule has 1 atom stereocenters. The second-order valence-electron chi connectivity index (χ2n) is 5.05. The van der Waals surface area contributed by atoms with Gasteiger partial charge in [0, 0.05) is 13.1 Å². The summed E-state index contributed by atoms with van der Waals surface area (Å²) in [6, 6.07) is 6.36. The minimum Gasteiger partial charge on any atom is -0.487 e. The fourth-order valence-electron chi connectivity index (χ4n) is 2.34. The summed E-state index contributed by atoms with van der Waals surface area (Å²) in [6.07, 6.45) is 1.23. The molecule has 0 radical (unpaired) electrons. The van der Waals surface area contributed by atoms with Crippen molar-refractivity contribution < 1.29 is 9.84 Å². The maximum atomic E-state index is 8.98. The lowest BCUT2D eigenvalue weighted by Crippen LogP contribution is -2.29. The van der Waals surface area contributed by atoms with Gasteiger partial charge in [-0.1, -0.05) is 13.0 Å². The number of likely N-dealkylation sites (N-methyl/N-ethyl adjacent to an activating group) is 1. The van der Waals surface area contributed by atoms with Crippen LogP contribution in [0.3, 0.4) is 0 Å². The number of fused-ring (bicyclic) bond motifs is 1. The van der Waals surface area contributed by atoms with E-state index in [9.17, 15) is 0 Å².